The number of benzene rings is 3. The van der Waals surface area contributed by atoms with Gasteiger partial charge in [0, 0.05) is 0 Å². The van der Waals surface area contributed by atoms with E-state index in [9.17, 15) is 13.6 Å². The number of nitriles is 1. The standard InChI is InChI=1S/C21H13F2NO2/c22-18-6-3-7-19(23)20(18)21(25)26-13-14-8-10-15(11-9-14)17-5-2-1-4-16(17)12-24/h1-11H,13H2. The minimum Gasteiger partial charge on any atom is -0.457 e. The summed E-state index contributed by atoms with van der Waals surface area (Å²) in [5.74, 6) is -2.98. The summed E-state index contributed by atoms with van der Waals surface area (Å²) in [5.41, 5.74) is 2.16. The highest BCUT2D eigenvalue weighted by molar-refractivity contribution is 5.90. The molecule has 0 aliphatic rings. The molecule has 0 aromatic heterocycles. The summed E-state index contributed by atoms with van der Waals surface area (Å²) in [6.45, 7) is -0.118. The Morgan fingerprint density at radius 1 is 0.923 bits per heavy atom. The number of rotatable bonds is 4. The van der Waals surface area contributed by atoms with E-state index < -0.39 is 23.2 Å². The van der Waals surface area contributed by atoms with Crippen molar-refractivity contribution in [2.45, 2.75) is 6.61 Å². The molecule has 0 heterocycles. The lowest BCUT2D eigenvalue weighted by molar-refractivity contribution is 0.0461. The molecule has 0 aliphatic carbocycles. The first-order chi connectivity index (χ1) is 12.6. The quantitative estimate of drug-likeness (QED) is 0.632. The molecule has 3 aromatic carbocycles. The smallest absolute Gasteiger partial charge is 0.344 e. The maximum absolute atomic E-state index is 13.6. The van der Waals surface area contributed by atoms with Crippen molar-refractivity contribution in [1.82, 2.24) is 0 Å². The van der Waals surface area contributed by atoms with Gasteiger partial charge in [-0.1, -0.05) is 48.5 Å². The van der Waals surface area contributed by atoms with E-state index in [2.05, 4.69) is 6.07 Å². The lowest BCUT2D eigenvalue weighted by Crippen LogP contribution is -2.10. The van der Waals surface area contributed by atoms with Crippen molar-refractivity contribution in [2.75, 3.05) is 0 Å². The highest BCUT2D eigenvalue weighted by Crippen LogP contribution is 2.24. The van der Waals surface area contributed by atoms with Crippen LogP contribution in [0.4, 0.5) is 8.78 Å². The molecular weight excluding hydrogens is 336 g/mol. The summed E-state index contributed by atoms with van der Waals surface area (Å²) in [6.07, 6.45) is 0. The third-order valence-corrected chi connectivity index (χ3v) is 3.85. The molecule has 0 spiro atoms. The van der Waals surface area contributed by atoms with Crippen molar-refractivity contribution >= 4 is 5.97 Å². The van der Waals surface area contributed by atoms with Crippen molar-refractivity contribution in [2.24, 2.45) is 0 Å². The molecule has 128 valence electrons. The zero-order valence-corrected chi connectivity index (χ0v) is 13.6. The van der Waals surface area contributed by atoms with Gasteiger partial charge in [-0.05, 0) is 34.9 Å². The Bertz CT molecular complexity index is 971. The van der Waals surface area contributed by atoms with Gasteiger partial charge in [0.05, 0.1) is 11.6 Å². The second-order valence-electron chi connectivity index (χ2n) is 5.53. The largest absolute Gasteiger partial charge is 0.457 e. The molecule has 0 N–H and O–H groups in total. The number of esters is 1. The molecule has 0 fully saturated rings. The van der Waals surface area contributed by atoms with Crippen LogP contribution in [0.15, 0.2) is 66.7 Å². The number of ether oxygens (including phenoxy) is 1. The van der Waals surface area contributed by atoms with Crippen molar-refractivity contribution in [1.29, 1.82) is 5.26 Å². The first-order valence-electron chi connectivity index (χ1n) is 7.79. The average Bonchev–Trinajstić information content (AvgIpc) is 2.66. The Morgan fingerprint density at radius 3 is 2.23 bits per heavy atom. The van der Waals surface area contributed by atoms with Crippen molar-refractivity contribution in [3.8, 4) is 17.2 Å². The minimum atomic E-state index is -1.06. The fourth-order valence-corrected chi connectivity index (χ4v) is 2.53. The Labute approximate surface area is 149 Å². The maximum Gasteiger partial charge on any atom is 0.344 e. The van der Waals surface area contributed by atoms with Crippen LogP contribution in [0.2, 0.25) is 0 Å². The zero-order chi connectivity index (χ0) is 18.5. The third kappa shape index (κ3) is 3.60. The maximum atomic E-state index is 13.6. The zero-order valence-electron chi connectivity index (χ0n) is 13.6. The van der Waals surface area contributed by atoms with Gasteiger partial charge in [0.25, 0.3) is 0 Å². The van der Waals surface area contributed by atoms with Gasteiger partial charge in [-0.3, -0.25) is 0 Å². The van der Waals surface area contributed by atoms with Crippen molar-refractivity contribution < 1.29 is 18.3 Å². The molecule has 3 nitrogen and oxygen atoms in total. The second-order valence-corrected chi connectivity index (χ2v) is 5.53. The highest BCUT2D eigenvalue weighted by atomic mass is 19.1. The Morgan fingerprint density at radius 2 is 1.58 bits per heavy atom. The van der Waals surface area contributed by atoms with Crippen LogP contribution in [-0.4, -0.2) is 5.97 Å². The Balaban J connectivity index is 1.72. The second kappa shape index (κ2) is 7.58. The van der Waals surface area contributed by atoms with Crippen LogP contribution in [0.1, 0.15) is 21.5 Å². The predicted octanol–water partition coefficient (Wildman–Crippen LogP) is 4.86. The Hall–Kier alpha value is -3.52. The molecule has 0 saturated carbocycles. The van der Waals surface area contributed by atoms with Crippen LogP contribution in [0.25, 0.3) is 11.1 Å². The first kappa shape index (κ1) is 17.3. The van der Waals surface area contributed by atoms with Gasteiger partial charge >= 0.3 is 5.97 Å². The molecule has 3 rings (SSSR count). The lowest BCUT2D eigenvalue weighted by Gasteiger charge is -2.08. The fraction of sp³-hybridized carbons (Fsp3) is 0.0476. The van der Waals surface area contributed by atoms with Crippen molar-refractivity contribution in [3.05, 3.63) is 95.1 Å². The molecule has 0 unspecified atom stereocenters. The van der Waals surface area contributed by atoms with E-state index in [0.717, 1.165) is 23.3 Å². The summed E-state index contributed by atoms with van der Waals surface area (Å²) >= 11 is 0. The summed E-state index contributed by atoms with van der Waals surface area (Å²) in [5, 5.41) is 9.16. The van der Waals surface area contributed by atoms with E-state index in [-0.39, 0.29) is 6.61 Å². The van der Waals surface area contributed by atoms with E-state index in [1.165, 1.54) is 6.07 Å². The van der Waals surface area contributed by atoms with Crippen LogP contribution in [-0.2, 0) is 11.3 Å². The number of nitrogens with zero attached hydrogens (tertiary/aromatic N) is 1. The third-order valence-electron chi connectivity index (χ3n) is 3.85. The van der Waals surface area contributed by atoms with E-state index in [0.29, 0.717) is 11.1 Å². The van der Waals surface area contributed by atoms with Crippen LogP contribution < -0.4 is 0 Å². The van der Waals surface area contributed by atoms with E-state index in [1.54, 1.807) is 36.4 Å². The highest BCUT2D eigenvalue weighted by Gasteiger charge is 2.18. The molecule has 5 heteroatoms. The minimum absolute atomic E-state index is 0.118. The van der Waals surface area contributed by atoms with Crippen LogP contribution >= 0.6 is 0 Å². The van der Waals surface area contributed by atoms with Gasteiger partial charge in [-0.2, -0.15) is 5.26 Å². The summed E-state index contributed by atoms with van der Waals surface area (Å²) < 4.78 is 32.1. The van der Waals surface area contributed by atoms with E-state index >= 15 is 0 Å². The normalized spacial score (nSPS) is 10.2. The molecule has 0 saturated heterocycles. The average molecular weight is 349 g/mol. The lowest BCUT2D eigenvalue weighted by atomic mass is 9.99. The van der Waals surface area contributed by atoms with Gasteiger partial charge in [0.15, 0.2) is 0 Å². The topological polar surface area (TPSA) is 50.1 Å². The molecule has 26 heavy (non-hydrogen) atoms. The monoisotopic (exact) mass is 349 g/mol. The van der Waals surface area contributed by atoms with Crippen molar-refractivity contribution in [3.63, 3.8) is 0 Å². The SMILES string of the molecule is N#Cc1ccccc1-c1ccc(COC(=O)c2c(F)cccc2F)cc1. The molecule has 0 aliphatic heterocycles. The Kier molecular flexibility index (Phi) is 5.04. The van der Waals surface area contributed by atoms with Gasteiger partial charge in [-0.15, -0.1) is 0 Å². The number of hydrogen-bond donors (Lipinski definition) is 0. The number of carbonyl (C=O) groups excluding carboxylic acids is 1. The number of halogens is 2. The van der Waals surface area contributed by atoms with Gasteiger partial charge in [0.1, 0.15) is 23.8 Å². The molecule has 0 atom stereocenters. The summed E-state index contributed by atoms with van der Waals surface area (Å²) in [6, 6.07) is 19.6. The first-order valence-corrected chi connectivity index (χ1v) is 7.79. The van der Waals surface area contributed by atoms with Crippen LogP contribution in [0.3, 0.4) is 0 Å². The van der Waals surface area contributed by atoms with Gasteiger partial charge in [0.2, 0.25) is 0 Å². The summed E-state index contributed by atoms with van der Waals surface area (Å²) in [7, 11) is 0. The van der Waals surface area contributed by atoms with Gasteiger partial charge in [-0.25, -0.2) is 13.6 Å². The molecule has 0 bridgehead atoms. The molecule has 0 amide bonds. The fourth-order valence-electron chi connectivity index (χ4n) is 2.53. The summed E-state index contributed by atoms with van der Waals surface area (Å²) in [4.78, 5) is 11.9. The van der Waals surface area contributed by atoms with E-state index in [1.807, 2.05) is 12.1 Å². The van der Waals surface area contributed by atoms with Crippen LogP contribution in [0.5, 0.6) is 0 Å². The molecular formula is C21H13F2NO2. The van der Waals surface area contributed by atoms with Crippen LogP contribution in [0, 0.1) is 23.0 Å². The molecule has 0 radical (unpaired) electrons. The number of carbonyl (C=O) groups is 1. The number of hydrogen-bond acceptors (Lipinski definition) is 3. The van der Waals surface area contributed by atoms with E-state index in [4.69, 9.17) is 10.00 Å². The van der Waals surface area contributed by atoms with Gasteiger partial charge < -0.3 is 4.74 Å². The molecule has 3 aromatic rings. The predicted molar refractivity (Wildman–Crippen MR) is 92.1 cm³/mol.